The Kier molecular flexibility index (Phi) is 4.55. The zero-order valence-corrected chi connectivity index (χ0v) is 11.2. The Morgan fingerprint density at radius 1 is 1.50 bits per heavy atom. The van der Waals surface area contributed by atoms with Gasteiger partial charge in [0.25, 0.3) is 0 Å². The first kappa shape index (κ1) is 13.3. The molecule has 4 heteroatoms. The maximum atomic E-state index is 9.42. The molecule has 1 aromatic heterocycles. The first-order valence-corrected chi connectivity index (χ1v) is 6.67. The highest BCUT2D eigenvalue weighted by Gasteiger charge is 2.30. The third-order valence-corrected chi connectivity index (χ3v) is 3.66. The van der Waals surface area contributed by atoms with Crippen LogP contribution in [0.25, 0.3) is 0 Å². The largest absolute Gasteiger partial charge is 0.492 e. The van der Waals surface area contributed by atoms with Gasteiger partial charge in [0.05, 0.1) is 25.1 Å². The quantitative estimate of drug-likeness (QED) is 0.863. The smallest absolute Gasteiger partial charge is 0.137 e. The lowest BCUT2D eigenvalue weighted by Gasteiger charge is -2.24. The molecule has 0 spiro atoms. The topological polar surface area (TPSA) is 45.6 Å². The van der Waals surface area contributed by atoms with E-state index in [-0.39, 0.29) is 12.6 Å². The van der Waals surface area contributed by atoms with Gasteiger partial charge in [0.2, 0.25) is 0 Å². The fourth-order valence-electron chi connectivity index (χ4n) is 2.54. The van der Waals surface area contributed by atoms with Crippen molar-refractivity contribution in [1.29, 1.82) is 0 Å². The molecule has 1 saturated heterocycles. The third kappa shape index (κ3) is 3.00. The molecular formula is C14H22N2O2. The summed E-state index contributed by atoms with van der Waals surface area (Å²) in [7, 11) is 0. The molecule has 0 amide bonds. The lowest BCUT2D eigenvalue weighted by Crippen LogP contribution is -2.34. The molecule has 1 fully saturated rings. The SMILES string of the molecule is CCOc1ccc(CN2CC[C@@H](C)[C@H]2CO)nc1. The number of aliphatic hydroxyl groups excluding tert-OH is 1. The normalized spacial score (nSPS) is 24.4. The number of aromatic nitrogens is 1. The van der Waals surface area contributed by atoms with Crippen molar-refractivity contribution < 1.29 is 9.84 Å². The predicted octanol–water partition coefficient (Wildman–Crippen LogP) is 1.68. The van der Waals surface area contributed by atoms with Gasteiger partial charge in [0, 0.05) is 12.6 Å². The lowest BCUT2D eigenvalue weighted by molar-refractivity contribution is 0.133. The second-order valence-electron chi connectivity index (χ2n) is 4.90. The maximum Gasteiger partial charge on any atom is 0.137 e. The lowest BCUT2D eigenvalue weighted by atomic mass is 10.0. The van der Waals surface area contributed by atoms with Crippen LogP contribution in [0.5, 0.6) is 5.75 Å². The molecule has 0 radical (unpaired) electrons. The highest BCUT2D eigenvalue weighted by molar-refractivity contribution is 5.19. The van der Waals surface area contributed by atoms with Gasteiger partial charge in [0.1, 0.15) is 5.75 Å². The number of hydrogen-bond acceptors (Lipinski definition) is 4. The Morgan fingerprint density at radius 3 is 2.94 bits per heavy atom. The first-order chi connectivity index (χ1) is 8.74. The molecule has 0 aliphatic carbocycles. The maximum absolute atomic E-state index is 9.42. The molecule has 0 saturated carbocycles. The van der Waals surface area contributed by atoms with Gasteiger partial charge in [-0.1, -0.05) is 6.92 Å². The van der Waals surface area contributed by atoms with Crippen LogP contribution in [0, 0.1) is 5.92 Å². The number of rotatable bonds is 5. The molecule has 1 aliphatic heterocycles. The number of ether oxygens (including phenoxy) is 1. The molecule has 0 unspecified atom stereocenters. The van der Waals surface area contributed by atoms with Crippen LogP contribution in [-0.2, 0) is 6.54 Å². The summed E-state index contributed by atoms with van der Waals surface area (Å²) in [5.74, 6) is 1.38. The summed E-state index contributed by atoms with van der Waals surface area (Å²) in [6, 6.07) is 4.24. The summed E-state index contributed by atoms with van der Waals surface area (Å²) in [6.07, 6.45) is 2.93. The predicted molar refractivity (Wildman–Crippen MR) is 70.5 cm³/mol. The van der Waals surface area contributed by atoms with E-state index in [4.69, 9.17) is 4.74 Å². The second kappa shape index (κ2) is 6.16. The second-order valence-corrected chi connectivity index (χ2v) is 4.90. The summed E-state index contributed by atoms with van der Waals surface area (Å²) in [6.45, 7) is 6.91. The van der Waals surface area contributed by atoms with Gasteiger partial charge in [-0.3, -0.25) is 9.88 Å². The molecule has 2 atom stereocenters. The van der Waals surface area contributed by atoms with Gasteiger partial charge in [-0.05, 0) is 37.9 Å². The van der Waals surface area contributed by atoms with E-state index >= 15 is 0 Å². The van der Waals surface area contributed by atoms with Gasteiger partial charge in [-0.2, -0.15) is 0 Å². The van der Waals surface area contributed by atoms with Crippen LogP contribution < -0.4 is 4.74 Å². The highest BCUT2D eigenvalue weighted by atomic mass is 16.5. The van der Waals surface area contributed by atoms with E-state index in [9.17, 15) is 5.11 Å². The number of nitrogens with zero attached hydrogens (tertiary/aromatic N) is 2. The van der Waals surface area contributed by atoms with Crippen LogP contribution in [0.2, 0.25) is 0 Å². The molecule has 2 heterocycles. The van der Waals surface area contributed by atoms with E-state index in [1.165, 1.54) is 0 Å². The highest BCUT2D eigenvalue weighted by Crippen LogP contribution is 2.25. The zero-order chi connectivity index (χ0) is 13.0. The first-order valence-electron chi connectivity index (χ1n) is 6.67. The van der Waals surface area contributed by atoms with Gasteiger partial charge >= 0.3 is 0 Å². The Morgan fingerprint density at radius 2 is 2.33 bits per heavy atom. The van der Waals surface area contributed by atoms with E-state index < -0.39 is 0 Å². The summed E-state index contributed by atoms with van der Waals surface area (Å²) in [5.41, 5.74) is 1.03. The number of pyridine rings is 1. The van der Waals surface area contributed by atoms with Crippen LogP contribution >= 0.6 is 0 Å². The van der Waals surface area contributed by atoms with Crippen LogP contribution in [0.4, 0.5) is 0 Å². The summed E-state index contributed by atoms with van der Waals surface area (Å²) in [4.78, 5) is 6.72. The summed E-state index contributed by atoms with van der Waals surface area (Å²) in [5, 5.41) is 9.42. The Hall–Kier alpha value is -1.13. The molecule has 1 N–H and O–H groups in total. The van der Waals surface area contributed by atoms with E-state index in [2.05, 4.69) is 16.8 Å². The van der Waals surface area contributed by atoms with Crippen molar-refractivity contribution in [2.45, 2.75) is 32.9 Å². The molecule has 4 nitrogen and oxygen atoms in total. The van der Waals surface area contributed by atoms with E-state index in [0.29, 0.717) is 12.5 Å². The Bertz CT molecular complexity index is 367. The monoisotopic (exact) mass is 250 g/mol. The Balaban J connectivity index is 1.96. The van der Waals surface area contributed by atoms with Crippen molar-refractivity contribution in [3.63, 3.8) is 0 Å². The van der Waals surface area contributed by atoms with Crippen LogP contribution in [-0.4, -0.2) is 40.8 Å². The average molecular weight is 250 g/mol. The van der Waals surface area contributed by atoms with Gasteiger partial charge in [-0.15, -0.1) is 0 Å². The number of aliphatic hydroxyl groups is 1. The minimum Gasteiger partial charge on any atom is -0.492 e. The van der Waals surface area contributed by atoms with Crippen molar-refractivity contribution in [3.05, 3.63) is 24.0 Å². The van der Waals surface area contributed by atoms with E-state index in [0.717, 1.165) is 31.0 Å². The van der Waals surface area contributed by atoms with Gasteiger partial charge in [-0.25, -0.2) is 0 Å². The number of hydrogen-bond donors (Lipinski definition) is 1. The van der Waals surface area contributed by atoms with Crippen LogP contribution in [0.15, 0.2) is 18.3 Å². The molecule has 1 aromatic rings. The molecule has 0 bridgehead atoms. The minimum atomic E-state index is 0.234. The van der Waals surface area contributed by atoms with E-state index in [1.54, 1.807) is 6.20 Å². The molecule has 2 rings (SSSR count). The minimum absolute atomic E-state index is 0.234. The standard InChI is InChI=1S/C14H22N2O2/c1-3-18-13-5-4-12(15-8-13)9-16-7-6-11(2)14(16)10-17/h4-5,8,11,14,17H,3,6-7,9-10H2,1-2H3/t11-,14-/m1/s1. The fraction of sp³-hybridized carbons (Fsp3) is 0.643. The van der Waals surface area contributed by atoms with Crippen LogP contribution in [0.3, 0.4) is 0 Å². The third-order valence-electron chi connectivity index (χ3n) is 3.66. The van der Waals surface area contributed by atoms with Crippen molar-refractivity contribution in [2.75, 3.05) is 19.8 Å². The molecule has 0 aromatic carbocycles. The van der Waals surface area contributed by atoms with E-state index in [1.807, 2.05) is 19.1 Å². The fourth-order valence-corrected chi connectivity index (χ4v) is 2.54. The molecule has 1 aliphatic rings. The van der Waals surface area contributed by atoms with Gasteiger partial charge in [0.15, 0.2) is 0 Å². The van der Waals surface area contributed by atoms with Crippen molar-refractivity contribution >= 4 is 0 Å². The van der Waals surface area contributed by atoms with Crippen molar-refractivity contribution in [1.82, 2.24) is 9.88 Å². The molecule has 100 valence electrons. The average Bonchev–Trinajstić information content (AvgIpc) is 2.72. The van der Waals surface area contributed by atoms with Crippen molar-refractivity contribution in [2.24, 2.45) is 5.92 Å². The summed E-state index contributed by atoms with van der Waals surface area (Å²) >= 11 is 0. The van der Waals surface area contributed by atoms with Crippen molar-refractivity contribution in [3.8, 4) is 5.75 Å². The van der Waals surface area contributed by atoms with Crippen LogP contribution in [0.1, 0.15) is 26.0 Å². The Labute approximate surface area is 109 Å². The zero-order valence-electron chi connectivity index (χ0n) is 11.2. The molecular weight excluding hydrogens is 228 g/mol. The number of likely N-dealkylation sites (tertiary alicyclic amines) is 1. The summed E-state index contributed by atoms with van der Waals surface area (Å²) < 4.78 is 5.37. The molecule has 18 heavy (non-hydrogen) atoms. The van der Waals surface area contributed by atoms with Gasteiger partial charge < -0.3 is 9.84 Å².